The maximum atomic E-state index is 11.3. The summed E-state index contributed by atoms with van der Waals surface area (Å²) in [7, 11) is 0. The quantitative estimate of drug-likeness (QED) is 0.723. The number of Topliss-reactive ketones (excluding diaryl/α,β-unsaturated/α-hetero) is 1. The summed E-state index contributed by atoms with van der Waals surface area (Å²) < 4.78 is 7.82. The molecule has 2 heterocycles. The van der Waals surface area contributed by atoms with Gasteiger partial charge < -0.3 is 4.74 Å². The second-order valence-corrected chi connectivity index (χ2v) is 4.38. The molecule has 0 amide bonds. The van der Waals surface area contributed by atoms with Crippen LogP contribution in [0, 0.1) is 5.92 Å². The molecule has 1 aliphatic heterocycles. The second kappa shape index (κ2) is 3.38. The van der Waals surface area contributed by atoms with Crippen LogP contribution in [0.25, 0.3) is 0 Å². The van der Waals surface area contributed by atoms with E-state index in [2.05, 4.69) is 28.0 Å². The fourth-order valence-corrected chi connectivity index (χ4v) is 2.19. The normalized spacial score (nSPS) is 20.1. The van der Waals surface area contributed by atoms with E-state index in [0.717, 1.165) is 6.54 Å². The Morgan fingerprint density at radius 1 is 1.71 bits per heavy atom. The molecule has 0 bridgehead atoms. The van der Waals surface area contributed by atoms with Crippen molar-refractivity contribution in [2.24, 2.45) is 5.92 Å². The zero-order chi connectivity index (χ0) is 10.3. The minimum atomic E-state index is -0.0207. The molecule has 1 aliphatic rings. The van der Waals surface area contributed by atoms with Crippen molar-refractivity contribution in [2.75, 3.05) is 6.61 Å². The van der Waals surface area contributed by atoms with E-state index in [4.69, 9.17) is 4.74 Å². The lowest BCUT2D eigenvalue weighted by Gasteiger charge is -2.21. The Hall–Kier alpha value is -0.840. The summed E-state index contributed by atoms with van der Waals surface area (Å²) in [6.07, 6.45) is 0. The Labute approximate surface area is 90.4 Å². The topological polar surface area (TPSA) is 44.1 Å². The molecule has 0 fully saturated rings. The Balaban J connectivity index is 2.49. The number of carbonyl (C=O) groups is 1. The van der Waals surface area contributed by atoms with Gasteiger partial charge in [-0.15, -0.1) is 0 Å². The number of hydrogen-bond acceptors (Lipinski definition) is 3. The number of aromatic nitrogens is 2. The standard InChI is InChI=1S/C9H11BrN2O2/c1-5-3-12-9(14-4-5)7(6(2)13)8(10)11-12/h5H,3-4H2,1-2H3. The average molecular weight is 259 g/mol. The van der Waals surface area contributed by atoms with E-state index in [0.29, 0.717) is 28.6 Å². The number of fused-ring (bicyclic) bond motifs is 1. The van der Waals surface area contributed by atoms with Crippen LogP contribution in [0.3, 0.4) is 0 Å². The van der Waals surface area contributed by atoms with Gasteiger partial charge in [0.2, 0.25) is 5.88 Å². The third-order valence-corrected chi connectivity index (χ3v) is 2.76. The van der Waals surface area contributed by atoms with Gasteiger partial charge in [0, 0.05) is 5.92 Å². The molecule has 1 atom stereocenters. The lowest BCUT2D eigenvalue weighted by molar-refractivity contribution is 0.100. The summed E-state index contributed by atoms with van der Waals surface area (Å²) in [5.74, 6) is 1.02. The van der Waals surface area contributed by atoms with Crippen LogP contribution in [0.5, 0.6) is 5.88 Å². The Morgan fingerprint density at radius 3 is 3.07 bits per heavy atom. The third kappa shape index (κ3) is 1.45. The number of ether oxygens (including phenoxy) is 1. The van der Waals surface area contributed by atoms with E-state index in [1.165, 1.54) is 6.92 Å². The first-order chi connectivity index (χ1) is 6.59. The molecule has 4 nitrogen and oxygen atoms in total. The molecule has 14 heavy (non-hydrogen) atoms. The van der Waals surface area contributed by atoms with Crippen molar-refractivity contribution < 1.29 is 9.53 Å². The first kappa shape index (κ1) is 9.71. The predicted molar refractivity (Wildman–Crippen MR) is 54.6 cm³/mol. The van der Waals surface area contributed by atoms with Crippen LogP contribution >= 0.6 is 15.9 Å². The van der Waals surface area contributed by atoms with Gasteiger partial charge in [0.25, 0.3) is 0 Å². The molecular weight excluding hydrogens is 248 g/mol. The molecule has 76 valence electrons. The van der Waals surface area contributed by atoms with Crippen molar-refractivity contribution in [3.05, 3.63) is 10.2 Å². The lowest BCUT2D eigenvalue weighted by Crippen LogP contribution is -2.24. The fourth-order valence-electron chi connectivity index (χ4n) is 1.55. The number of hydrogen-bond donors (Lipinski definition) is 0. The van der Waals surface area contributed by atoms with E-state index >= 15 is 0 Å². The average Bonchev–Trinajstić information content (AvgIpc) is 2.39. The summed E-state index contributed by atoms with van der Waals surface area (Å²) in [6.45, 7) is 5.07. The van der Waals surface area contributed by atoms with Crippen molar-refractivity contribution in [3.63, 3.8) is 0 Å². The number of rotatable bonds is 1. The van der Waals surface area contributed by atoms with E-state index in [9.17, 15) is 4.79 Å². The molecule has 2 rings (SSSR count). The third-order valence-electron chi connectivity index (χ3n) is 2.20. The summed E-state index contributed by atoms with van der Waals surface area (Å²) in [5, 5.41) is 4.21. The smallest absolute Gasteiger partial charge is 0.224 e. The molecule has 0 saturated carbocycles. The van der Waals surface area contributed by atoms with E-state index in [-0.39, 0.29) is 5.78 Å². The lowest BCUT2D eigenvalue weighted by atomic mass is 10.2. The SMILES string of the molecule is CC(=O)c1c(Br)nn2c1OCC(C)C2. The molecule has 0 aliphatic carbocycles. The molecule has 1 aromatic heterocycles. The summed E-state index contributed by atoms with van der Waals surface area (Å²) in [5.41, 5.74) is 0.553. The van der Waals surface area contributed by atoms with Gasteiger partial charge in [-0.3, -0.25) is 4.79 Å². The van der Waals surface area contributed by atoms with Gasteiger partial charge >= 0.3 is 0 Å². The van der Waals surface area contributed by atoms with Gasteiger partial charge in [0.15, 0.2) is 5.78 Å². The zero-order valence-electron chi connectivity index (χ0n) is 8.08. The Bertz CT molecular complexity index is 386. The van der Waals surface area contributed by atoms with Crippen molar-refractivity contribution >= 4 is 21.7 Å². The number of halogens is 1. The minimum Gasteiger partial charge on any atom is -0.477 e. The molecule has 5 heteroatoms. The Morgan fingerprint density at radius 2 is 2.43 bits per heavy atom. The molecule has 0 N–H and O–H groups in total. The predicted octanol–water partition coefficient (Wildman–Crippen LogP) is 1.88. The van der Waals surface area contributed by atoms with Crippen LogP contribution in [-0.2, 0) is 6.54 Å². The monoisotopic (exact) mass is 258 g/mol. The van der Waals surface area contributed by atoms with E-state index < -0.39 is 0 Å². The largest absolute Gasteiger partial charge is 0.477 e. The minimum absolute atomic E-state index is 0.0207. The summed E-state index contributed by atoms with van der Waals surface area (Å²) in [6, 6.07) is 0. The van der Waals surface area contributed by atoms with Gasteiger partial charge in [-0.25, -0.2) is 4.68 Å². The van der Waals surface area contributed by atoms with Crippen LogP contribution in [0.2, 0.25) is 0 Å². The highest BCUT2D eigenvalue weighted by atomic mass is 79.9. The Kier molecular flexibility index (Phi) is 2.34. The first-order valence-corrected chi connectivity index (χ1v) is 5.29. The highest BCUT2D eigenvalue weighted by molar-refractivity contribution is 9.10. The van der Waals surface area contributed by atoms with Crippen LogP contribution in [0.1, 0.15) is 24.2 Å². The molecule has 0 saturated heterocycles. The molecule has 1 aromatic rings. The molecule has 0 aromatic carbocycles. The van der Waals surface area contributed by atoms with Crippen molar-refractivity contribution in [1.29, 1.82) is 0 Å². The van der Waals surface area contributed by atoms with Crippen LogP contribution in [0.15, 0.2) is 4.60 Å². The molecular formula is C9H11BrN2O2. The molecule has 0 radical (unpaired) electrons. The fraction of sp³-hybridized carbons (Fsp3) is 0.556. The second-order valence-electron chi connectivity index (χ2n) is 3.63. The number of carbonyl (C=O) groups excluding carboxylic acids is 1. The van der Waals surface area contributed by atoms with Gasteiger partial charge in [-0.1, -0.05) is 6.92 Å². The molecule has 1 unspecified atom stereocenters. The van der Waals surface area contributed by atoms with Crippen LogP contribution in [0.4, 0.5) is 0 Å². The van der Waals surface area contributed by atoms with Crippen molar-refractivity contribution in [3.8, 4) is 5.88 Å². The summed E-state index contributed by atoms with van der Waals surface area (Å²) in [4.78, 5) is 11.3. The van der Waals surface area contributed by atoms with E-state index in [1.54, 1.807) is 4.68 Å². The van der Waals surface area contributed by atoms with Crippen LogP contribution in [-0.4, -0.2) is 22.2 Å². The van der Waals surface area contributed by atoms with Crippen LogP contribution < -0.4 is 4.74 Å². The van der Waals surface area contributed by atoms with Gasteiger partial charge in [-0.2, -0.15) is 5.10 Å². The summed E-state index contributed by atoms with van der Waals surface area (Å²) >= 11 is 3.27. The van der Waals surface area contributed by atoms with Gasteiger partial charge in [0.05, 0.1) is 13.2 Å². The van der Waals surface area contributed by atoms with Crippen molar-refractivity contribution in [2.45, 2.75) is 20.4 Å². The molecule has 0 spiro atoms. The van der Waals surface area contributed by atoms with Gasteiger partial charge in [-0.05, 0) is 22.9 Å². The number of ketones is 1. The first-order valence-electron chi connectivity index (χ1n) is 4.49. The highest BCUT2D eigenvalue weighted by Crippen LogP contribution is 2.30. The van der Waals surface area contributed by atoms with E-state index in [1.807, 2.05) is 0 Å². The zero-order valence-corrected chi connectivity index (χ0v) is 9.67. The maximum Gasteiger partial charge on any atom is 0.224 e. The maximum absolute atomic E-state index is 11.3. The van der Waals surface area contributed by atoms with Crippen molar-refractivity contribution in [1.82, 2.24) is 9.78 Å². The number of nitrogens with zero attached hydrogens (tertiary/aromatic N) is 2. The van der Waals surface area contributed by atoms with Gasteiger partial charge in [0.1, 0.15) is 10.2 Å². The highest BCUT2D eigenvalue weighted by Gasteiger charge is 2.25.